The second-order valence-electron chi connectivity index (χ2n) is 21.5. The minimum absolute atomic E-state index is 0.0223. The van der Waals surface area contributed by atoms with Crippen molar-refractivity contribution in [2.75, 3.05) is 40.9 Å². The lowest BCUT2D eigenvalue weighted by molar-refractivity contribution is -0.870. The Morgan fingerprint density at radius 3 is 1.24 bits per heavy atom. The molecule has 78 heavy (non-hydrogen) atoms. The molecule has 0 aromatic rings. The van der Waals surface area contributed by atoms with Crippen LogP contribution in [-0.2, 0) is 27.9 Å². The zero-order chi connectivity index (χ0) is 57.2. The molecule has 3 atom stereocenters. The minimum atomic E-state index is -4.47. The highest BCUT2D eigenvalue weighted by molar-refractivity contribution is 7.47. The summed E-state index contributed by atoms with van der Waals surface area (Å²) in [4.78, 5) is 37.7. The number of allylic oxidation sites excluding steroid dienone is 21. The molecule has 0 saturated heterocycles. The number of hydrogen-bond acceptors (Lipinski definition) is 6. The minimum Gasteiger partial charge on any atom is -0.456 e. The van der Waals surface area contributed by atoms with Gasteiger partial charge in [-0.25, -0.2) is 4.57 Å². The second-order valence-corrected chi connectivity index (χ2v) is 22.9. The van der Waals surface area contributed by atoms with E-state index in [9.17, 15) is 19.0 Å². The molecule has 0 heterocycles. The van der Waals surface area contributed by atoms with E-state index in [1.807, 2.05) is 33.3 Å². The number of phosphoric acid groups is 1. The molecule has 0 aromatic carbocycles. The molecule has 0 rings (SSSR count). The molecule has 0 aliphatic carbocycles. The summed E-state index contributed by atoms with van der Waals surface area (Å²) >= 11 is 0. The number of hydrogen-bond donors (Lipinski definition) is 2. The predicted molar refractivity (Wildman–Crippen MR) is 336 cm³/mol. The summed E-state index contributed by atoms with van der Waals surface area (Å²) in [7, 11) is 1.44. The van der Waals surface area contributed by atoms with E-state index in [1.165, 1.54) is 51.4 Å². The molecule has 444 valence electrons. The maximum atomic E-state index is 13.5. The molecule has 10 heteroatoms. The molecule has 9 nitrogen and oxygen atoms in total. The average Bonchev–Trinajstić information content (AvgIpc) is 3.40. The number of carbonyl (C=O) groups excluding carboxylic acids is 2. The Morgan fingerprint density at radius 2 is 0.821 bits per heavy atom. The Bertz CT molecular complexity index is 1800. The molecule has 0 aromatic heterocycles. The second kappa shape index (κ2) is 56.4. The van der Waals surface area contributed by atoms with Gasteiger partial charge in [0, 0.05) is 12.8 Å². The number of phosphoric ester groups is 1. The van der Waals surface area contributed by atoms with Crippen molar-refractivity contribution in [1.82, 2.24) is 5.32 Å². The number of ether oxygens (including phenoxy) is 1. The Kier molecular flexibility index (Phi) is 53.6. The highest BCUT2D eigenvalue weighted by Gasteiger charge is 2.30. The highest BCUT2D eigenvalue weighted by Crippen LogP contribution is 2.43. The zero-order valence-corrected chi connectivity index (χ0v) is 51.5. The first-order valence-electron chi connectivity index (χ1n) is 31.0. The summed E-state index contributed by atoms with van der Waals surface area (Å²) in [5, 5.41) is 3.03. The van der Waals surface area contributed by atoms with Crippen LogP contribution in [0.5, 0.6) is 0 Å². The molecular weight excluding hydrogens is 988 g/mol. The van der Waals surface area contributed by atoms with Crippen LogP contribution in [0.15, 0.2) is 134 Å². The molecule has 0 aliphatic rings. The third-order valence-electron chi connectivity index (χ3n) is 12.8. The van der Waals surface area contributed by atoms with Gasteiger partial charge in [-0.3, -0.25) is 18.6 Å². The third-order valence-corrected chi connectivity index (χ3v) is 13.8. The van der Waals surface area contributed by atoms with Crippen LogP contribution in [0.2, 0.25) is 0 Å². The number of nitrogens with one attached hydrogen (secondary N) is 1. The first-order chi connectivity index (χ1) is 37.9. The SMILES string of the molecule is CC/C=C\C/C=C\C/C=C\C/C=C\C/C=C\CCCCCCCC(=O)OC(/C=C/CCCCCCCCCCCC)C(COP(=O)(O)OCC[N+](C)(C)C)NC(=O)CCCCC/C=C\C/C=C\C/C=C\C/C=C\C/C=C\CC. The van der Waals surface area contributed by atoms with Crippen LogP contribution < -0.4 is 5.32 Å². The van der Waals surface area contributed by atoms with Gasteiger partial charge in [-0.2, -0.15) is 0 Å². The quantitative estimate of drug-likeness (QED) is 0.0205. The van der Waals surface area contributed by atoms with E-state index in [0.29, 0.717) is 23.9 Å². The molecule has 0 saturated carbocycles. The largest absolute Gasteiger partial charge is 0.472 e. The van der Waals surface area contributed by atoms with Gasteiger partial charge >= 0.3 is 13.8 Å². The average molecular weight is 1100 g/mol. The number of quaternary nitrogens is 1. The van der Waals surface area contributed by atoms with Gasteiger partial charge < -0.3 is 19.4 Å². The number of rotatable bonds is 54. The Morgan fingerprint density at radius 1 is 0.462 bits per heavy atom. The third kappa shape index (κ3) is 56.9. The number of amides is 1. The van der Waals surface area contributed by atoms with Crippen LogP contribution in [0.4, 0.5) is 0 Å². The summed E-state index contributed by atoms with van der Waals surface area (Å²) in [5.74, 6) is -0.575. The van der Waals surface area contributed by atoms with Crippen molar-refractivity contribution in [3.63, 3.8) is 0 Å². The summed E-state index contributed by atoms with van der Waals surface area (Å²) < 4.78 is 30.7. The van der Waals surface area contributed by atoms with Crippen molar-refractivity contribution in [1.29, 1.82) is 0 Å². The van der Waals surface area contributed by atoms with Crippen LogP contribution in [0.1, 0.15) is 233 Å². The summed E-state index contributed by atoms with van der Waals surface area (Å²) in [5.41, 5.74) is 0. The van der Waals surface area contributed by atoms with Crippen LogP contribution in [0.25, 0.3) is 0 Å². The fourth-order valence-corrected chi connectivity index (χ4v) is 8.85. The van der Waals surface area contributed by atoms with E-state index in [2.05, 4.69) is 148 Å². The monoisotopic (exact) mass is 1100 g/mol. The molecular formula is C68H116N2O7P+. The summed E-state index contributed by atoms with van der Waals surface area (Å²) in [6.07, 6.45) is 80.2. The van der Waals surface area contributed by atoms with Gasteiger partial charge in [0.05, 0.1) is 33.8 Å². The fourth-order valence-electron chi connectivity index (χ4n) is 8.11. The van der Waals surface area contributed by atoms with E-state index < -0.39 is 20.0 Å². The van der Waals surface area contributed by atoms with E-state index in [4.69, 9.17) is 13.8 Å². The zero-order valence-electron chi connectivity index (χ0n) is 50.6. The van der Waals surface area contributed by atoms with Gasteiger partial charge in [0.25, 0.3) is 0 Å². The van der Waals surface area contributed by atoms with Crippen molar-refractivity contribution in [3.05, 3.63) is 134 Å². The van der Waals surface area contributed by atoms with Crippen molar-refractivity contribution >= 4 is 19.7 Å². The Hall–Kier alpha value is -3.85. The maximum Gasteiger partial charge on any atom is 0.472 e. The van der Waals surface area contributed by atoms with Crippen LogP contribution in [0.3, 0.4) is 0 Å². The summed E-state index contributed by atoms with van der Waals surface area (Å²) in [6, 6.07) is -0.884. The molecule has 3 unspecified atom stereocenters. The van der Waals surface area contributed by atoms with E-state index in [1.54, 1.807) is 0 Å². The first kappa shape index (κ1) is 74.2. The van der Waals surface area contributed by atoms with Crippen LogP contribution in [0, 0.1) is 0 Å². The number of likely N-dealkylation sites (N-methyl/N-ethyl adjacent to an activating group) is 1. The van der Waals surface area contributed by atoms with Gasteiger partial charge in [-0.15, -0.1) is 0 Å². The molecule has 0 bridgehead atoms. The number of unbranched alkanes of at least 4 members (excludes halogenated alkanes) is 18. The molecule has 0 radical (unpaired) electrons. The highest BCUT2D eigenvalue weighted by atomic mass is 31.2. The van der Waals surface area contributed by atoms with Gasteiger partial charge in [0.2, 0.25) is 5.91 Å². The molecule has 2 N–H and O–H groups in total. The van der Waals surface area contributed by atoms with E-state index >= 15 is 0 Å². The van der Waals surface area contributed by atoms with Gasteiger partial charge in [-0.1, -0.05) is 232 Å². The lowest BCUT2D eigenvalue weighted by Gasteiger charge is -2.27. The van der Waals surface area contributed by atoms with Gasteiger partial charge in [0.15, 0.2) is 0 Å². The van der Waals surface area contributed by atoms with E-state index in [-0.39, 0.29) is 37.9 Å². The maximum absolute atomic E-state index is 13.5. The first-order valence-corrected chi connectivity index (χ1v) is 32.5. The Labute approximate surface area is 479 Å². The standard InChI is InChI=1S/C68H115N2O7P/c1-7-10-13-16-19-22-25-28-30-32-34-35-37-39-41-43-46-49-52-55-58-61-68(72)77-66(59-56-53-50-47-44-27-24-21-18-15-12-9-3)65(64-76-78(73,74)75-63-62-70(4,5)6)69-67(71)60-57-54-51-48-45-42-40-38-36-33-31-29-26-23-20-17-14-11-8-2/h10-11,13-14,19-20,22-23,28-31,34-36,38-39,41-42,45,56,59,65-66H,7-9,12,15-18,21,24-27,32-33,37,40,43-44,46-55,57-58,60-64H2,1-6H3,(H-,69,71,73,74)/p+1/b13-10-,14-11-,22-19-,23-20-,30-28-,31-29-,35-34-,38-36-,41-39-,45-42-,59-56+. The number of nitrogens with zero attached hydrogens (tertiary/aromatic N) is 1. The van der Waals surface area contributed by atoms with Crippen LogP contribution in [-0.4, -0.2) is 74.3 Å². The molecule has 1 amide bonds. The molecule has 0 spiro atoms. The van der Waals surface area contributed by atoms with Crippen LogP contribution >= 0.6 is 7.82 Å². The van der Waals surface area contributed by atoms with Gasteiger partial charge in [-0.05, 0) is 122 Å². The fraction of sp³-hybridized carbons (Fsp3) is 0.647. The number of carbonyl (C=O) groups is 2. The van der Waals surface area contributed by atoms with Crippen molar-refractivity contribution in [2.24, 2.45) is 0 Å². The lowest BCUT2D eigenvalue weighted by atomic mass is 10.1. The molecule has 0 aliphatic heterocycles. The van der Waals surface area contributed by atoms with Crippen molar-refractivity contribution in [3.8, 4) is 0 Å². The summed E-state index contributed by atoms with van der Waals surface area (Å²) in [6.45, 7) is 6.72. The van der Waals surface area contributed by atoms with Crippen molar-refractivity contribution in [2.45, 2.75) is 245 Å². The topological polar surface area (TPSA) is 111 Å². The molecule has 0 fully saturated rings. The van der Waals surface area contributed by atoms with Gasteiger partial charge in [0.1, 0.15) is 19.3 Å². The normalized spacial score (nSPS) is 14.6. The lowest BCUT2D eigenvalue weighted by Crippen LogP contribution is -2.47. The smallest absolute Gasteiger partial charge is 0.456 e. The van der Waals surface area contributed by atoms with E-state index in [0.717, 1.165) is 135 Å². The Balaban J connectivity index is 5.37. The van der Waals surface area contributed by atoms with Crippen molar-refractivity contribution < 1.29 is 37.3 Å². The predicted octanol–water partition coefficient (Wildman–Crippen LogP) is 19.3. The number of esters is 1.